The van der Waals surface area contributed by atoms with E-state index in [2.05, 4.69) is 16.0 Å². The van der Waals surface area contributed by atoms with Gasteiger partial charge in [0, 0.05) is 6.42 Å². The first-order valence-corrected chi connectivity index (χ1v) is 9.39. The molecule has 0 aliphatic rings. The van der Waals surface area contributed by atoms with E-state index in [1.165, 1.54) is 6.92 Å². The zero-order valence-corrected chi connectivity index (χ0v) is 17.4. The standard InChI is InChI=1S/C18H32N4O7/c1-8(2)13(16(26)20-11(18(28)29)6-7-12(23)24)22-17(27)14(9(3)4)21-15(25)10(5)19/h8-11,13-14H,6-7,19H2,1-5H3,(H,20,26)(H,21,25)(H,22,27)(H,23,24)(H,28,29). The molecule has 11 nitrogen and oxygen atoms in total. The summed E-state index contributed by atoms with van der Waals surface area (Å²) in [5.41, 5.74) is 5.51. The molecule has 0 aromatic heterocycles. The summed E-state index contributed by atoms with van der Waals surface area (Å²) in [6.45, 7) is 8.20. The number of hydrogen-bond acceptors (Lipinski definition) is 6. The maximum atomic E-state index is 12.7. The summed E-state index contributed by atoms with van der Waals surface area (Å²) in [6, 6.07) is -4.25. The average molecular weight is 416 g/mol. The van der Waals surface area contributed by atoms with Gasteiger partial charge in [-0.05, 0) is 25.2 Å². The number of nitrogens with one attached hydrogen (secondary N) is 3. The van der Waals surface area contributed by atoms with Crippen molar-refractivity contribution < 1.29 is 34.2 Å². The highest BCUT2D eigenvalue weighted by Gasteiger charge is 2.32. The highest BCUT2D eigenvalue weighted by atomic mass is 16.4. The lowest BCUT2D eigenvalue weighted by Gasteiger charge is -2.28. The number of nitrogens with two attached hydrogens (primary N) is 1. The van der Waals surface area contributed by atoms with E-state index in [1.54, 1.807) is 27.7 Å². The number of amides is 3. The minimum absolute atomic E-state index is 0.295. The van der Waals surface area contributed by atoms with Gasteiger partial charge in [-0.25, -0.2) is 4.79 Å². The lowest BCUT2D eigenvalue weighted by atomic mass is 9.99. The second-order valence-corrected chi connectivity index (χ2v) is 7.58. The van der Waals surface area contributed by atoms with Gasteiger partial charge in [0.25, 0.3) is 0 Å². The normalized spacial score (nSPS) is 15.2. The Kier molecular flexibility index (Phi) is 10.9. The molecule has 0 rings (SSSR count). The number of carboxylic acids is 2. The molecular formula is C18H32N4O7. The van der Waals surface area contributed by atoms with Crippen LogP contribution in [-0.2, 0) is 24.0 Å². The summed E-state index contributed by atoms with van der Waals surface area (Å²) in [6.07, 6.45) is -0.733. The fourth-order valence-electron chi connectivity index (χ4n) is 2.38. The van der Waals surface area contributed by atoms with Crippen LogP contribution in [0.4, 0.5) is 0 Å². The average Bonchev–Trinajstić information content (AvgIpc) is 2.59. The Labute approximate surface area is 169 Å². The van der Waals surface area contributed by atoms with Crippen LogP contribution in [0.1, 0.15) is 47.5 Å². The molecule has 4 unspecified atom stereocenters. The van der Waals surface area contributed by atoms with Crippen LogP contribution in [0.15, 0.2) is 0 Å². The Morgan fingerprint density at radius 1 is 0.759 bits per heavy atom. The molecule has 0 aliphatic carbocycles. The van der Waals surface area contributed by atoms with E-state index in [0.717, 1.165) is 0 Å². The zero-order valence-electron chi connectivity index (χ0n) is 17.4. The van der Waals surface area contributed by atoms with Crippen molar-refractivity contribution in [3.05, 3.63) is 0 Å². The van der Waals surface area contributed by atoms with Gasteiger partial charge in [-0.1, -0.05) is 27.7 Å². The number of carboxylic acid groups (broad SMARTS) is 2. The molecule has 0 aromatic carbocycles. The molecule has 7 N–H and O–H groups in total. The third-order valence-corrected chi connectivity index (χ3v) is 4.17. The third kappa shape index (κ3) is 9.37. The Hall–Kier alpha value is -2.69. The Bertz CT molecular complexity index is 619. The summed E-state index contributed by atoms with van der Waals surface area (Å²) in [7, 11) is 0. The van der Waals surface area contributed by atoms with Crippen LogP contribution in [0.2, 0.25) is 0 Å². The van der Waals surface area contributed by atoms with E-state index in [1.807, 2.05) is 0 Å². The topological polar surface area (TPSA) is 188 Å². The van der Waals surface area contributed by atoms with Crippen molar-refractivity contribution in [3.63, 3.8) is 0 Å². The molecule has 0 heterocycles. The summed E-state index contributed by atoms with van der Waals surface area (Å²) < 4.78 is 0. The number of carbonyl (C=O) groups excluding carboxylic acids is 3. The minimum Gasteiger partial charge on any atom is -0.481 e. The fraction of sp³-hybridized carbons (Fsp3) is 0.722. The van der Waals surface area contributed by atoms with Gasteiger partial charge in [-0.15, -0.1) is 0 Å². The second kappa shape index (κ2) is 12.0. The highest BCUT2D eigenvalue weighted by Crippen LogP contribution is 2.08. The van der Waals surface area contributed by atoms with Gasteiger partial charge < -0.3 is 31.9 Å². The largest absolute Gasteiger partial charge is 0.481 e. The van der Waals surface area contributed by atoms with Crippen LogP contribution in [-0.4, -0.2) is 64.0 Å². The lowest BCUT2D eigenvalue weighted by Crippen LogP contribution is -2.59. The monoisotopic (exact) mass is 416 g/mol. The van der Waals surface area contributed by atoms with Crippen molar-refractivity contribution in [1.82, 2.24) is 16.0 Å². The highest BCUT2D eigenvalue weighted by molar-refractivity contribution is 5.94. The van der Waals surface area contributed by atoms with Crippen LogP contribution >= 0.6 is 0 Å². The molecule has 3 amide bonds. The van der Waals surface area contributed by atoms with E-state index in [-0.39, 0.29) is 12.3 Å². The molecule has 11 heteroatoms. The number of carbonyl (C=O) groups is 5. The lowest BCUT2D eigenvalue weighted by molar-refractivity contribution is -0.143. The van der Waals surface area contributed by atoms with Gasteiger partial charge in [0.2, 0.25) is 17.7 Å². The molecule has 0 aliphatic heterocycles. The van der Waals surface area contributed by atoms with Gasteiger partial charge in [-0.3, -0.25) is 19.2 Å². The van der Waals surface area contributed by atoms with E-state index in [4.69, 9.17) is 10.8 Å². The fourth-order valence-corrected chi connectivity index (χ4v) is 2.38. The quantitative estimate of drug-likeness (QED) is 0.235. The van der Waals surface area contributed by atoms with Crippen LogP contribution in [0, 0.1) is 11.8 Å². The molecule has 166 valence electrons. The summed E-state index contributed by atoms with van der Waals surface area (Å²) in [5, 5.41) is 25.2. The second-order valence-electron chi connectivity index (χ2n) is 7.58. The molecule has 29 heavy (non-hydrogen) atoms. The summed E-state index contributed by atoms with van der Waals surface area (Å²) in [5.74, 6) is -5.15. The van der Waals surface area contributed by atoms with Crippen molar-refractivity contribution >= 4 is 29.7 Å². The van der Waals surface area contributed by atoms with Crippen LogP contribution in [0.5, 0.6) is 0 Å². The SMILES string of the molecule is CC(N)C(=O)NC(C(=O)NC(C(=O)NC(CCC(=O)O)C(=O)O)C(C)C)C(C)C. The van der Waals surface area contributed by atoms with Gasteiger partial charge in [0.15, 0.2) is 0 Å². The summed E-state index contributed by atoms with van der Waals surface area (Å²) in [4.78, 5) is 59.0. The maximum Gasteiger partial charge on any atom is 0.326 e. The van der Waals surface area contributed by atoms with Crippen LogP contribution in [0.25, 0.3) is 0 Å². The van der Waals surface area contributed by atoms with Gasteiger partial charge in [0.1, 0.15) is 18.1 Å². The molecule has 0 radical (unpaired) electrons. The molecule has 0 spiro atoms. The first-order valence-electron chi connectivity index (χ1n) is 9.39. The number of aliphatic carboxylic acids is 2. The smallest absolute Gasteiger partial charge is 0.326 e. The molecule has 0 aromatic rings. The molecule has 0 saturated carbocycles. The Morgan fingerprint density at radius 3 is 1.52 bits per heavy atom. The molecule has 0 bridgehead atoms. The number of rotatable bonds is 12. The minimum atomic E-state index is -1.41. The van der Waals surface area contributed by atoms with Crippen molar-refractivity contribution in [2.45, 2.75) is 71.6 Å². The van der Waals surface area contributed by atoms with E-state index < -0.39 is 66.2 Å². The molecule has 0 saturated heterocycles. The van der Waals surface area contributed by atoms with Gasteiger partial charge >= 0.3 is 11.9 Å². The molecule has 4 atom stereocenters. The predicted molar refractivity (Wildman–Crippen MR) is 104 cm³/mol. The first kappa shape index (κ1) is 26.3. The van der Waals surface area contributed by atoms with Gasteiger partial charge in [0.05, 0.1) is 6.04 Å². The van der Waals surface area contributed by atoms with Crippen molar-refractivity contribution in [1.29, 1.82) is 0 Å². The first-order chi connectivity index (χ1) is 13.3. The zero-order chi connectivity index (χ0) is 22.9. The van der Waals surface area contributed by atoms with Crippen molar-refractivity contribution in [2.24, 2.45) is 17.6 Å². The van der Waals surface area contributed by atoms with Crippen LogP contribution < -0.4 is 21.7 Å². The Balaban J connectivity index is 5.29. The Morgan fingerprint density at radius 2 is 1.17 bits per heavy atom. The van der Waals surface area contributed by atoms with Gasteiger partial charge in [-0.2, -0.15) is 0 Å². The van der Waals surface area contributed by atoms with E-state index in [9.17, 15) is 29.1 Å². The molecular weight excluding hydrogens is 384 g/mol. The molecule has 0 fully saturated rings. The predicted octanol–water partition coefficient (Wildman–Crippen LogP) is -0.951. The van der Waals surface area contributed by atoms with Crippen molar-refractivity contribution in [2.75, 3.05) is 0 Å². The maximum absolute atomic E-state index is 12.7. The van der Waals surface area contributed by atoms with E-state index in [0.29, 0.717) is 0 Å². The van der Waals surface area contributed by atoms with Crippen molar-refractivity contribution in [3.8, 4) is 0 Å². The van der Waals surface area contributed by atoms with E-state index >= 15 is 0 Å². The summed E-state index contributed by atoms with van der Waals surface area (Å²) >= 11 is 0. The van der Waals surface area contributed by atoms with Crippen LogP contribution in [0.3, 0.4) is 0 Å². The third-order valence-electron chi connectivity index (χ3n) is 4.17. The number of hydrogen-bond donors (Lipinski definition) is 6.